The van der Waals surface area contributed by atoms with Gasteiger partial charge in [-0.15, -0.1) is 0 Å². The first kappa shape index (κ1) is 13.2. The fourth-order valence-corrected chi connectivity index (χ4v) is 2.59. The van der Waals surface area contributed by atoms with Crippen molar-refractivity contribution in [2.75, 3.05) is 6.61 Å². The van der Waals surface area contributed by atoms with Gasteiger partial charge in [0.25, 0.3) is 0 Å². The second-order valence-electron chi connectivity index (χ2n) is 4.62. The highest BCUT2D eigenvalue weighted by Gasteiger charge is 2.39. The van der Waals surface area contributed by atoms with Gasteiger partial charge in [-0.2, -0.15) is 0 Å². The number of ether oxygens (including phenoxy) is 1. The first-order valence-corrected chi connectivity index (χ1v) is 6.36. The van der Waals surface area contributed by atoms with Gasteiger partial charge in [0, 0.05) is 6.42 Å². The van der Waals surface area contributed by atoms with Gasteiger partial charge in [0.2, 0.25) is 0 Å². The third-order valence-electron chi connectivity index (χ3n) is 3.50. The first-order chi connectivity index (χ1) is 7.75. The van der Waals surface area contributed by atoms with Crippen LogP contribution in [-0.4, -0.2) is 18.9 Å². The Morgan fingerprint density at radius 1 is 1.31 bits per heavy atom. The Bertz CT molecular complexity index is 229. The molecule has 1 rings (SSSR count). The minimum Gasteiger partial charge on any atom is -0.466 e. The number of hydrogen-bond acceptors (Lipinski definition) is 3. The lowest BCUT2D eigenvalue weighted by Gasteiger charge is -2.34. The van der Waals surface area contributed by atoms with Gasteiger partial charge in [-0.05, 0) is 32.6 Å². The number of unbranched alkanes of at least 4 members (excludes halogenated alkanes) is 1. The van der Waals surface area contributed by atoms with Gasteiger partial charge < -0.3 is 9.53 Å². The normalized spacial score (nSPS) is 19.1. The Hall–Kier alpha value is -0.860. The van der Waals surface area contributed by atoms with Crippen LogP contribution in [0.3, 0.4) is 0 Å². The maximum absolute atomic E-state index is 12.0. The van der Waals surface area contributed by atoms with Gasteiger partial charge in [-0.25, -0.2) is 0 Å². The molecule has 16 heavy (non-hydrogen) atoms. The van der Waals surface area contributed by atoms with Gasteiger partial charge in [-0.3, -0.25) is 4.79 Å². The monoisotopic (exact) mass is 226 g/mol. The quantitative estimate of drug-likeness (QED) is 0.397. The zero-order valence-electron chi connectivity index (χ0n) is 10.2. The molecular formula is C13H22O3. The Kier molecular flexibility index (Phi) is 5.50. The van der Waals surface area contributed by atoms with E-state index in [4.69, 9.17) is 4.74 Å². The molecule has 0 bridgehead atoms. The summed E-state index contributed by atoms with van der Waals surface area (Å²) in [7, 11) is 0. The van der Waals surface area contributed by atoms with Crippen LogP contribution in [0.4, 0.5) is 0 Å². The molecule has 0 aliphatic heterocycles. The largest absolute Gasteiger partial charge is 0.466 e. The van der Waals surface area contributed by atoms with Crippen LogP contribution in [0.5, 0.6) is 0 Å². The number of esters is 1. The summed E-state index contributed by atoms with van der Waals surface area (Å²) in [4.78, 5) is 22.3. The predicted molar refractivity (Wildman–Crippen MR) is 62.1 cm³/mol. The summed E-state index contributed by atoms with van der Waals surface area (Å²) in [6.45, 7) is 2.30. The summed E-state index contributed by atoms with van der Waals surface area (Å²) in [5, 5.41) is 0. The first-order valence-electron chi connectivity index (χ1n) is 6.36. The number of aldehydes is 1. The zero-order valence-corrected chi connectivity index (χ0v) is 10.2. The minimum atomic E-state index is -0.280. The van der Waals surface area contributed by atoms with Crippen LogP contribution < -0.4 is 0 Å². The number of carbonyl (C=O) groups is 2. The predicted octanol–water partition coefficient (Wildman–Crippen LogP) is 2.87. The van der Waals surface area contributed by atoms with Crippen molar-refractivity contribution in [1.82, 2.24) is 0 Å². The Balaban J connectivity index is 2.58. The van der Waals surface area contributed by atoms with E-state index in [0.29, 0.717) is 13.0 Å². The van der Waals surface area contributed by atoms with E-state index in [-0.39, 0.29) is 11.4 Å². The van der Waals surface area contributed by atoms with E-state index in [9.17, 15) is 9.59 Å². The van der Waals surface area contributed by atoms with E-state index in [1.807, 2.05) is 6.92 Å². The fraction of sp³-hybridized carbons (Fsp3) is 0.846. The lowest BCUT2D eigenvalue weighted by atomic mass is 9.71. The number of hydrogen-bond donors (Lipinski definition) is 0. The molecule has 0 spiro atoms. The molecule has 0 N–H and O–H groups in total. The summed E-state index contributed by atoms with van der Waals surface area (Å²) >= 11 is 0. The molecular weight excluding hydrogens is 204 g/mol. The van der Waals surface area contributed by atoms with Crippen molar-refractivity contribution in [2.45, 2.75) is 58.3 Å². The van der Waals surface area contributed by atoms with Gasteiger partial charge in [0.15, 0.2) is 0 Å². The third-order valence-corrected chi connectivity index (χ3v) is 3.50. The molecule has 0 saturated heterocycles. The van der Waals surface area contributed by atoms with Crippen molar-refractivity contribution in [3.05, 3.63) is 0 Å². The third kappa shape index (κ3) is 3.32. The van der Waals surface area contributed by atoms with E-state index in [1.165, 1.54) is 6.42 Å². The molecule has 1 aliphatic rings. The summed E-state index contributed by atoms with van der Waals surface area (Å²) in [5.74, 6) is -0.0411. The van der Waals surface area contributed by atoms with Crippen LogP contribution in [0, 0.1) is 5.41 Å². The van der Waals surface area contributed by atoms with E-state index < -0.39 is 0 Å². The van der Waals surface area contributed by atoms with Crippen LogP contribution in [0.15, 0.2) is 0 Å². The molecule has 0 amide bonds. The highest BCUT2D eigenvalue weighted by atomic mass is 16.5. The molecule has 1 saturated carbocycles. The highest BCUT2D eigenvalue weighted by molar-refractivity contribution is 5.77. The van der Waals surface area contributed by atoms with Crippen molar-refractivity contribution in [3.8, 4) is 0 Å². The summed E-state index contributed by atoms with van der Waals surface area (Å²) in [6, 6.07) is 0. The maximum atomic E-state index is 12.0. The average molecular weight is 226 g/mol. The van der Waals surface area contributed by atoms with Gasteiger partial charge in [0.1, 0.15) is 6.29 Å². The van der Waals surface area contributed by atoms with E-state index >= 15 is 0 Å². The molecule has 1 aliphatic carbocycles. The molecule has 0 radical (unpaired) electrons. The molecule has 0 aromatic carbocycles. The van der Waals surface area contributed by atoms with Gasteiger partial charge in [0.05, 0.1) is 12.0 Å². The molecule has 3 heteroatoms. The Labute approximate surface area is 97.5 Å². The van der Waals surface area contributed by atoms with Crippen molar-refractivity contribution in [3.63, 3.8) is 0 Å². The van der Waals surface area contributed by atoms with Crippen LogP contribution >= 0.6 is 0 Å². The lowest BCUT2D eigenvalue weighted by molar-refractivity contribution is -0.158. The lowest BCUT2D eigenvalue weighted by Crippen LogP contribution is -2.35. The molecule has 0 unspecified atom stereocenters. The SMILES string of the molecule is CCOC(=O)C1(CCCC=O)CCCCC1. The van der Waals surface area contributed by atoms with E-state index in [2.05, 4.69) is 0 Å². The van der Waals surface area contributed by atoms with Gasteiger partial charge >= 0.3 is 5.97 Å². The molecule has 92 valence electrons. The summed E-state index contributed by atoms with van der Waals surface area (Å²) in [5.41, 5.74) is -0.280. The molecule has 3 nitrogen and oxygen atoms in total. The van der Waals surface area contributed by atoms with E-state index in [1.54, 1.807) is 0 Å². The van der Waals surface area contributed by atoms with Crippen LogP contribution in [0.2, 0.25) is 0 Å². The minimum absolute atomic E-state index is 0.0411. The van der Waals surface area contributed by atoms with Crippen molar-refractivity contribution in [1.29, 1.82) is 0 Å². The molecule has 0 heterocycles. The average Bonchev–Trinajstić information content (AvgIpc) is 2.31. The van der Waals surface area contributed by atoms with Crippen molar-refractivity contribution in [2.24, 2.45) is 5.41 Å². The standard InChI is InChI=1S/C13H22O3/c1-2-16-12(15)13(10-6-7-11-14)8-4-3-5-9-13/h11H,2-10H2,1H3. The molecule has 0 aromatic heterocycles. The molecule has 0 aromatic rings. The summed E-state index contributed by atoms with van der Waals surface area (Å²) in [6.07, 6.45) is 8.42. The second-order valence-corrected chi connectivity index (χ2v) is 4.62. The topological polar surface area (TPSA) is 43.4 Å². The zero-order chi connectivity index (χ0) is 11.9. The number of rotatable bonds is 6. The van der Waals surface area contributed by atoms with Crippen LogP contribution in [-0.2, 0) is 14.3 Å². The Morgan fingerprint density at radius 2 is 2.00 bits per heavy atom. The van der Waals surface area contributed by atoms with Crippen LogP contribution in [0.25, 0.3) is 0 Å². The fourth-order valence-electron chi connectivity index (χ4n) is 2.59. The molecule has 1 fully saturated rings. The molecule has 0 atom stereocenters. The van der Waals surface area contributed by atoms with Crippen molar-refractivity contribution >= 4 is 12.3 Å². The summed E-state index contributed by atoms with van der Waals surface area (Å²) < 4.78 is 5.19. The van der Waals surface area contributed by atoms with E-state index in [0.717, 1.165) is 44.8 Å². The van der Waals surface area contributed by atoms with Crippen LogP contribution in [0.1, 0.15) is 58.3 Å². The van der Waals surface area contributed by atoms with Crippen molar-refractivity contribution < 1.29 is 14.3 Å². The Morgan fingerprint density at radius 3 is 2.56 bits per heavy atom. The van der Waals surface area contributed by atoms with Gasteiger partial charge in [-0.1, -0.05) is 19.3 Å². The number of carbonyl (C=O) groups excluding carboxylic acids is 2. The second kappa shape index (κ2) is 6.66. The maximum Gasteiger partial charge on any atom is 0.312 e. The smallest absolute Gasteiger partial charge is 0.312 e. The highest BCUT2D eigenvalue weighted by Crippen LogP contribution is 2.41.